The Morgan fingerprint density at radius 1 is 0.944 bits per heavy atom. The highest BCUT2D eigenvalue weighted by Gasteiger charge is 1.94. The summed E-state index contributed by atoms with van der Waals surface area (Å²) in [6.07, 6.45) is 5.70. The van der Waals surface area contributed by atoms with Crippen molar-refractivity contribution in [2.24, 2.45) is 0 Å². The molecule has 0 saturated carbocycles. The SMILES string of the molecule is BrCCCCOCCCCCOc1[c]cccc1. The molecule has 0 unspecified atom stereocenters. The van der Waals surface area contributed by atoms with E-state index in [0.29, 0.717) is 0 Å². The maximum absolute atomic E-state index is 5.56. The molecule has 3 heteroatoms. The summed E-state index contributed by atoms with van der Waals surface area (Å²) in [5.41, 5.74) is 0. The molecule has 0 bridgehead atoms. The van der Waals surface area contributed by atoms with E-state index in [0.717, 1.165) is 56.6 Å². The summed E-state index contributed by atoms with van der Waals surface area (Å²) in [5, 5.41) is 1.07. The van der Waals surface area contributed by atoms with Crippen LogP contribution in [0.5, 0.6) is 5.75 Å². The molecule has 1 radical (unpaired) electrons. The molecule has 0 aliphatic rings. The van der Waals surface area contributed by atoms with E-state index in [9.17, 15) is 0 Å². The molecule has 101 valence electrons. The number of hydrogen-bond donors (Lipinski definition) is 0. The Kier molecular flexibility index (Phi) is 9.95. The zero-order valence-corrected chi connectivity index (χ0v) is 12.5. The lowest BCUT2D eigenvalue weighted by atomic mass is 10.2. The number of hydrogen-bond acceptors (Lipinski definition) is 2. The molecule has 0 heterocycles. The third-order valence-corrected chi connectivity index (χ3v) is 3.10. The maximum atomic E-state index is 5.56. The Labute approximate surface area is 119 Å². The summed E-state index contributed by atoms with van der Waals surface area (Å²) in [4.78, 5) is 0. The van der Waals surface area contributed by atoms with Crippen molar-refractivity contribution in [1.82, 2.24) is 0 Å². The third kappa shape index (κ3) is 8.54. The molecule has 0 spiro atoms. The van der Waals surface area contributed by atoms with Gasteiger partial charge in [-0.1, -0.05) is 34.1 Å². The van der Waals surface area contributed by atoms with Crippen LogP contribution in [0.25, 0.3) is 0 Å². The molecule has 2 nitrogen and oxygen atoms in total. The first-order chi connectivity index (χ1) is 8.93. The predicted molar refractivity (Wildman–Crippen MR) is 78.5 cm³/mol. The van der Waals surface area contributed by atoms with E-state index >= 15 is 0 Å². The topological polar surface area (TPSA) is 18.5 Å². The standard InChI is InChI=1S/C15H22BrO2/c16-11-5-8-13-17-12-6-2-7-14-18-15-9-3-1-4-10-15/h1,3-4,9H,2,5-8,11-14H2. The number of unbranched alkanes of at least 4 members (excludes halogenated alkanes) is 3. The fourth-order valence-corrected chi connectivity index (χ4v) is 1.93. The highest BCUT2D eigenvalue weighted by Crippen LogP contribution is 2.08. The van der Waals surface area contributed by atoms with Gasteiger partial charge in [0, 0.05) is 24.6 Å². The van der Waals surface area contributed by atoms with Crippen molar-refractivity contribution in [2.75, 3.05) is 25.2 Å². The van der Waals surface area contributed by atoms with Gasteiger partial charge >= 0.3 is 0 Å². The summed E-state index contributed by atoms with van der Waals surface area (Å²) in [5.74, 6) is 0.837. The smallest absolute Gasteiger partial charge is 0.127 e. The van der Waals surface area contributed by atoms with Crippen molar-refractivity contribution in [3.63, 3.8) is 0 Å². The number of ether oxygens (including phenoxy) is 2. The predicted octanol–water partition coefficient (Wildman–Crippen LogP) is 4.23. The molecule has 18 heavy (non-hydrogen) atoms. The quantitative estimate of drug-likeness (QED) is 0.449. The zero-order chi connectivity index (χ0) is 12.9. The van der Waals surface area contributed by atoms with Crippen molar-refractivity contribution in [3.8, 4) is 5.75 Å². The van der Waals surface area contributed by atoms with E-state index in [1.165, 1.54) is 6.42 Å². The van der Waals surface area contributed by atoms with E-state index in [1.54, 1.807) is 0 Å². The van der Waals surface area contributed by atoms with Crippen LogP contribution < -0.4 is 4.74 Å². The van der Waals surface area contributed by atoms with Crippen LogP contribution >= 0.6 is 15.9 Å². The minimum Gasteiger partial charge on any atom is -0.493 e. The van der Waals surface area contributed by atoms with Crippen LogP contribution in [-0.2, 0) is 4.74 Å². The first-order valence-corrected chi connectivity index (χ1v) is 7.79. The van der Waals surface area contributed by atoms with Gasteiger partial charge in [0.1, 0.15) is 5.75 Å². The Morgan fingerprint density at radius 3 is 2.44 bits per heavy atom. The van der Waals surface area contributed by atoms with Gasteiger partial charge in [-0.3, -0.25) is 0 Å². The van der Waals surface area contributed by atoms with Gasteiger partial charge < -0.3 is 9.47 Å². The second-order valence-corrected chi connectivity index (χ2v) is 4.94. The van der Waals surface area contributed by atoms with Crippen molar-refractivity contribution in [1.29, 1.82) is 0 Å². The first kappa shape index (κ1) is 15.5. The Hall–Kier alpha value is -0.540. The van der Waals surface area contributed by atoms with E-state index < -0.39 is 0 Å². The molecule has 0 atom stereocenters. The van der Waals surface area contributed by atoms with Gasteiger partial charge in [-0.05, 0) is 38.2 Å². The Balaban J connectivity index is 1.82. The molecule has 1 aromatic rings. The van der Waals surface area contributed by atoms with Crippen LogP contribution in [-0.4, -0.2) is 25.2 Å². The molecule has 1 rings (SSSR count). The third-order valence-electron chi connectivity index (χ3n) is 2.54. The van der Waals surface area contributed by atoms with E-state index in [2.05, 4.69) is 22.0 Å². The van der Waals surface area contributed by atoms with Gasteiger partial charge in [0.15, 0.2) is 0 Å². The molecule has 0 aromatic heterocycles. The fraction of sp³-hybridized carbons (Fsp3) is 0.600. The van der Waals surface area contributed by atoms with Gasteiger partial charge in [-0.15, -0.1) is 0 Å². The highest BCUT2D eigenvalue weighted by atomic mass is 79.9. The molecular weight excluding hydrogens is 292 g/mol. The van der Waals surface area contributed by atoms with Crippen LogP contribution in [0.3, 0.4) is 0 Å². The number of halogens is 1. The molecule has 0 saturated heterocycles. The minimum absolute atomic E-state index is 0.768. The Bertz CT molecular complexity index is 277. The van der Waals surface area contributed by atoms with Crippen LogP contribution in [0.4, 0.5) is 0 Å². The first-order valence-electron chi connectivity index (χ1n) is 6.66. The van der Waals surface area contributed by atoms with Gasteiger partial charge in [-0.25, -0.2) is 0 Å². The number of alkyl halides is 1. The lowest BCUT2D eigenvalue weighted by molar-refractivity contribution is 0.126. The largest absolute Gasteiger partial charge is 0.493 e. The van der Waals surface area contributed by atoms with E-state index in [1.807, 2.05) is 24.3 Å². The molecule has 0 fully saturated rings. The lowest BCUT2D eigenvalue weighted by Gasteiger charge is -2.06. The minimum atomic E-state index is 0.768. The van der Waals surface area contributed by atoms with Gasteiger partial charge in [0.05, 0.1) is 6.61 Å². The average molecular weight is 314 g/mol. The second-order valence-electron chi connectivity index (χ2n) is 4.14. The van der Waals surface area contributed by atoms with E-state index in [4.69, 9.17) is 9.47 Å². The second kappa shape index (κ2) is 11.5. The molecule has 1 aromatic carbocycles. The van der Waals surface area contributed by atoms with E-state index in [-0.39, 0.29) is 0 Å². The molecular formula is C15H22BrO2. The van der Waals surface area contributed by atoms with Crippen LogP contribution in [0.2, 0.25) is 0 Å². The summed E-state index contributed by atoms with van der Waals surface area (Å²) in [6, 6.07) is 10.8. The van der Waals surface area contributed by atoms with Crippen LogP contribution in [0.15, 0.2) is 24.3 Å². The number of benzene rings is 1. The molecule has 0 N–H and O–H groups in total. The average Bonchev–Trinajstić information content (AvgIpc) is 2.42. The van der Waals surface area contributed by atoms with Crippen molar-refractivity contribution < 1.29 is 9.47 Å². The van der Waals surface area contributed by atoms with Crippen LogP contribution in [0, 0.1) is 6.07 Å². The summed E-state index contributed by atoms with van der Waals surface area (Å²) in [7, 11) is 0. The summed E-state index contributed by atoms with van der Waals surface area (Å²) >= 11 is 3.41. The van der Waals surface area contributed by atoms with Crippen LogP contribution in [0.1, 0.15) is 32.1 Å². The lowest BCUT2D eigenvalue weighted by Crippen LogP contribution is -2.00. The van der Waals surface area contributed by atoms with Gasteiger partial charge in [0.2, 0.25) is 0 Å². The molecule has 0 aliphatic carbocycles. The molecule has 0 aliphatic heterocycles. The Morgan fingerprint density at radius 2 is 1.72 bits per heavy atom. The number of rotatable bonds is 11. The van der Waals surface area contributed by atoms with Crippen molar-refractivity contribution >= 4 is 15.9 Å². The fourth-order valence-electron chi connectivity index (χ4n) is 1.53. The molecule has 0 amide bonds. The van der Waals surface area contributed by atoms with Crippen molar-refractivity contribution in [2.45, 2.75) is 32.1 Å². The van der Waals surface area contributed by atoms with Gasteiger partial charge in [0.25, 0.3) is 0 Å². The number of para-hydroxylation sites is 1. The summed E-state index contributed by atoms with van der Waals surface area (Å²) < 4.78 is 11.1. The van der Waals surface area contributed by atoms with Crippen molar-refractivity contribution in [3.05, 3.63) is 30.3 Å². The zero-order valence-electron chi connectivity index (χ0n) is 10.9. The highest BCUT2D eigenvalue weighted by molar-refractivity contribution is 9.09. The monoisotopic (exact) mass is 313 g/mol. The normalized spacial score (nSPS) is 10.5. The maximum Gasteiger partial charge on any atom is 0.127 e. The van der Waals surface area contributed by atoms with Gasteiger partial charge in [-0.2, -0.15) is 0 Å². The summed E-state index contributed by atoms with van der Waals surface area (Å²) in [6.45, 7) is 2.53.